The molecule has 0 amide bonds. The van der Waals surface area contributed by atoms with Gasteiger partial charge in [-0.15, -0.1) is 5.10 Å². The maximum atomic E-state index is 5.63. The van der Waals surface area contributed by atoms with Crippen molar-refractivity contribution in [1.82, 2.24) is 29.9 Å². The minimum atomic E-state index is 0.240. The SMILES string of the molecule is CN(C)c1ccc2[nH]c(-c3cn(CC4CCCO4)nn3)nc2n1. The zero-order valence-electron chi connectivity index (χ0n) is 13.2. The quantitative estimate of drug-likeness (QED) is 0.785. The number of rotatable bonds is 4. The molecule has 8 nitrogen and oxygen atoms in total. The van der Waals surface area contributed by atoms with Crippen LogP contribution in [0.4, 0.5) is 5.82 Å². The summed E-state index contributed by atoms with van der Waals surface area (Å²) in [6.45, 7) is 1.58. The average Bonchev–Trinajstić information content (AvgIpc) is 3.26. The van der Waals surface area contributed by atoms with E-state index in [1.807, 2.05) is 42.0 Å². The number of nitrogens with zero attached hydrogens (tertiary/aromatic N) is 6. The summed E-state index contributed by atoms with van der Waals surface area (Å²) in [6, 6.07) is 3.93. The average molecular weight is 313 g/mol. The Morgan fingerprint density at radius 2 is 2.26 bits per heavy atom. The van der Waals surface area contributed by atoms with Gasteiger partial charge in [-0.05, 0) is 25.0 Å². The van der Waals surface area contributed by atoms with Gasteiger partial charge in [0.25, 0.3) is 0 Å². The Morgan fingerprint density at radius 1 is 1.35 bits per heavy atom. The van der Waals surface area contributed by atoms with Crippen LogP contribution in [-0.2, 0) is 11.3 Å². The highest BCUT2D eigenvalue weighted by molar-refractivity contribution is 5.76. The Morgan fingerprint density at radius 3 is 3.04 bits per heavy atom. The highest BCUT2D eigenvalue weighted by Gasteiger charge is 2.18. The van der Waals surface area contributed by atoms with Crippen LogP contribution in [0.5, 0.6) is 0 Å². The van der Waals surface area contributed by atoms with Gasteiger partial charge < -0.3 is 14.6 Å². The summed E-state index contributed by atoms with van der Waals surface area (Å²) in [7, 11) is 3.91. The van der Waals surface area contributed by atoms with Crippen molar-refractivity contribution in [2.75, 3.05) is 25.6 Å². The monoisotopic (exact) mass is 313 g/mol. The van der Waals surface area contributed by atoms with Gasteiger partial charge in [-0.2, -0.15) is 0 Å². The Hall–Kier alpha value is -2.48. The fourth-order valence-electron chi connectivity index (χ4n) is 2.75. The van der Waals surface area contributed by atoms with Crippen LogP contribution in [0.15, 0.2) is 18.3 Å². The standard InChI is InChI=1S/C15H19N7O/c1-21(2)13-6-5-11-14(17-13)18-15(16-11)12-9-22(20-19-12)8-10-4-3-7-23-10/h5-6,9-10H,3-4,7-8H2,1-2H3,(H,16,17,18). The summed E-state index contributed by atoms with van der Waals surface area (Å²) in [5.41, 5.74) is 2.28. The highest BCUT2D eigenvalue weighted by atomic mass is 16.5. The van der Waals surface area contributed by atoms with Crippen LogP contribution in [0, 0.1) is 0 Å². The Bertz CT molecular complexity index is 816. The molecule has 23 heavy (non-hydrogen) atoms. The van der Waals surface area contributed by atoms with Crippen molar-refractivity contribution in [1.29, 1.82) is 0 Å². The van der Waals surface area contributed by atoms with E-state index in [0.717, 1.165) is 37.3 Å². The number of aromatic amines is 1. The van der Waals surface area contributed by atoms with Crippen LogP contribution < -0.4 is 4.90 Å². The zero-order chi connectivity index (χ0) is 15.8. The lowest BCUT2D eigenvalue weighted by atomic mass is 10.2. The third-order valence-corrected chi connectivity index (χ3v) is 3.99. The smallest absolute Gasteiger partial charge is 0.180 e. The second kappa shape index (κ2) is 5.62. The van der Waals surface area contributed by atoms with Gasteiger partial charge in [0.05, 0.1) is 24.4 Å². The molecule has 120 valence electrons. The molecule has 1 saturated heterocycles. The van der Waals surface area contributed by atoms with Crippen LogP contribution in [0.3, 0.4) is 0 Å². The van der Waals surface area contributed by atoms with Crippen LogP contribution in [0.2, 0.25) is 0 Å². The van der Waals surface area contributed by atoms with Crippen molar-refractivity contribution in [2.24, 2.45) is 0 Å². The van der Waals surface area contributed by atoms with Crippen molar-refractivity contribution < 1.29 is 4.74 Å². The van der Waals surface area contributed by atoms with E-state index in [1.165, 1.54) is 0 Å². The molecule has 0 saturated carbocycles. The maximum Gasteiger partial charge on any atom is 0.180 e. The number of anilines is 1. The fraction of sp³-hybridized carbons (Fsp3) is 0.467. The zero-order valence-corrected chi connectivity index (χ0v) is 13.2. The molecule has 0 aliphatic carbocycles. The number of aromatic nitrogens is 6. The van der Waals surface area contributed by atoms with E-state index in [1.54, 1.807) is 0 Å². The van der Waals surface area contributed by atoms with Gasteiger partial charge in [0.1, 0.15) is 11.5 Å². The molecule has 3 aromatic heterocycles. The van der Waals surface area contributed by atoms with Crippen LogP contribution in [0.1, 0.15) is 12.8 Å². The third-order valence-electron chi connectivity index (χ3n) is 3.99. The van der Waals surface area contributed by atoms with E-state index in [9.17, 15) is 0 Å². The number of H-pyrrole nitrogens is 1. The van der Waals surface area contributed by atoms with E-state index >= 15 is 0 Å². The number of imidazole rings is 1. The number of nitrogens with one attached hydrogen (secondary N) is 1. The lowest BCUT2D eigenvalue weighted by Gasteiger charge is -2.09. The van der Waals surface area contributed by atoms with Crippen molar-refractivity contribution in [3.05, 3.63) is 18.3 Å². The first-order valence-corrected chi connectivity index (χ1v) is 7.75. The first kappa shape index (κ1) is 14.1. The molecule has 1 aliphatic heterocycles. The predicted octanol–water partition coefficient (Wildman–Crippen LogP) is 1.46. The molecule has 4 heterocycles. The Labute approximate surface area is 133 Å². The lowest BCUT2D eigenvalue weighted by Crippen LogP contribution is -2.15. The van der Waals surface area contributed by atoms with Crippen LogP contribution in [-0.4, -0.2) is 56.8 Å². The van der Waals surface area contributed by atoms with Gasteiger partial charge in [0.2, 0.25) is 0 Å². The number of hydrogen-bond donors (Lipinski definition) is 1. The molecule has 1 N–H and O–H groups in total. The normalized spacial score (nSPS) is 17.9. The molecule has 8 heteroatoms. The molecule has 3 aromatic rings. The maximum absolute atomic E-state index is 5.63. The highest BCUT2D eigenvalue weighted by Crippen LogP contribution is 2.20. The second-order valence-corrected chi connectivity index (χ2v) is 5.98. The predicted molar refractivity (Wildman–Crippen MR) is 86.2 cm³/mol. The van der Waals surface area contributed by atoms with Crippen LogP contribution >= 0.6 is 0 Å². The van der Waals surface area contributed by atoms with Gasteiger partial charge in [-0.3, -0.25) is 0 Å². The Balaban J connectivity index is 1.59. The first-order chi connectivity index (χ1) is 11.2. The number of hydrogen-bond acceptors (Lipinski definition) is 6. The van der Waals surface area contributed by atoms with E-state index in [0.29, 0.717) is 17.2 Å². The minimum Gasteiger partial charge on any atom is -0.376 e. The molecule has 1 atom stereocenters. The molecule has 1 unspecified atom stereocenters. The molecule has 0 aromatic carbocycles. The topological polar surface area (TPSA) is 84.8 Å². The van der Waals surface area contributed by atoms with Crippen molar-refractivity contribution in [2.45, 2.75) is 25.5 Å². The Kier molecular flexibility index (Phi) is 3.45. The molecular weight excluding hydrogens is 294 g/mol. The van der Waals surface area contributed by atoms with Crippen LogP contribution in [0.25, 0.3) is 22.7 Å². The molecular formula is C15H19N7O. The lowest BCUT2D eigenvalue weighted by molar-refractivity contribution is 0.0935. The van der Waals surface area contributed by atoms with Gasteiger partial charge in [-0.25, -0.2) is 14.6 Å². The molecule has 0 spiro atoms. The van der Waals surface area contributed by atoms with E-state index in [4.69, 9.17) is 4.74 Å². The fourth-order valence-corrected chi connectivity index (χ4v) is 2.75. The number of fused-ring (bicyclic) bond motifs is 1. The summed E-state index contributed by atoms with van der Waals surface area (Å²) < 4.78 is 7.45. The van der Waals surface area contributed by atoms with Crippen molar-refractivity contribution >= 4 is 17.0 Å². The van der Waals surface area contributed by atoms with E-state index < -0.39 is 0 Å². The van der Waals surface area contributed by atoms with Gasteiger partial charge in [0, 0.05) is 20.7 Å². The summed E-state index contributed by atoms with van der Waals surface area (Å²) >= 11 is 0. The molecule has 1 fully saturated rings. The van der Waals surface area contributed by atoms with Gasteiger partial charge in [-0.1, -0.05) is 5.21 Å². The summed E-state index contributed by atoms with van der Waals surface area (Å²) in [6.07, 6.45) is 4.34. The van der Waals surface area contributed by atoms with Crippen molar-refractivity contribution in [3.63, 3.8) is 0 Å². The van der Waals surface area contributed by atoms with Gasteiger partial charge in [0.15, 0.2) is 11.5 Å². The van der Waals surface area contributed by atoms with E-state index in [2.05, 4.69) is 25.3 Å². The minimum absolute atomic E-state index is 0.240. The van der Waals surface area contributed by atoms with E-state index in [-0.39, 0.29) is 6.10 Å². The number of ether oxygens (including phenoxy) is 1. The molecule has 4 rings (SSSR count). The molecule has 1 aliphatic rings. The molecule has 0 bridgehead atoms. The summed E-state index contributed by atoms with van der Waals surface area (Å²) in [5, 5.41) is 8.38. The third kappa shape index (κ3) is 2.77. The summed E-state index contributed by atoms with van der Waals surface area (Å²) in [5.74, 6) is 1.56. The molecule has 0 radical (unpaired) electrons. The largest absolute Gasteiger partial charge is 0.376 e. The number of pyridine rings is 1. The second-order valence-electron chi connectivity index (χ2n) is 5.98. The van der Waals surface area contributed by atoms with Crippen molar-refractivity contribution in [3.8, 4) is 11.5 Å². The van der Waals surface area contributed by atoms with Gasteiger partial charge >= 0.3 is 0 Å². The summed E-state index contributed by atoms with van der Waals surface area (Å²) in [4.78, 5) is 14.2. The first-order valence-electron chi connectivity index (χ1n) is 7.75.